The van der Waals surface area contributed by atoms with Gasteiger partial charge in [0.05, 0.1) is 6.10 Å². The molecule has 4 unspecified atom stereocenters. The SMILES string of the molecule is C[C@]12CCC3C4CC[C@H](O)CC4=CCC3C1CCC2=O. The van der Waals surface area contributed by atoms with Crippen LogP contribution in [0.1, 0.15) is 58.3 Å². The van der Waals surface area contributed by atoms with Gasteiger partial charge in [0.2, 0.25) is 0 Å². The maximum atomic E-state index is 12.3. The molecule has 0 bridgehead atoms. The molecule has 6 atom stereocenters. The number of ketones is 1. The second-order valence-corrected chi connectivity index (χ2v) is 7.91. The Morgan fingerprint density at radius 2 is 2.05 bits per heavy atom. The van der Waals surface area contributed by atoms with Crippen LogP contribution in [0.5, 0.6) is 0 Å². The fourth-order valence-electron chi connectivity index (χ4n) is 6.02. The number of carbonyl (C=O) groups excluding carboxylic acids is 1. The lowest BCUT2D eigenvalue weighted by atomic mass is 9.53. The fraction of sp³-hybridized carbons (Fsp3) is 0.833. The van der Waals surface area contributed by atoms with Gasteiger partial charge in [0.1, 0.15) is 5.78 Å². The molecule has 0 aromatic carbocycles. The van der Waals surface area contributed by atoms with Gasteiger partial charge in [-0.25, -0.2) is 0 Å². The van der Waals surface area contributed by atoms with Gasteiger partial charge in [0.15, 0.2) is 0 Å². The molecular formula is C18H26O2. The van der Waals surface area contributed by atoms with Crippen molar-refractivity contribution in [2.24, 2.45) is 29.1 Å². The van der Waals surface area contributed by atoms with Gasteiger partial charge in [-0.2, -0.15) is 0 Å². The Hall–Kier alpha value is -0.630. The molecule has 4 aliphatic carbocycles. The van der Waals surface area contributed by atoms with Crippen LogP contribution in [-0.4, -0.2) is 17.0 Å². The first kappa shape index (κ1) is 13.1. The van der Waals surface area contributed by atoms with E-state index in [0.29, 0.717) is 11.7 Å². The quantitative estimate of drug-likeness (QED) is 0.687. The molecule has 3 fully saturated rings. The number of hydrogen-bond acceptors (Lipinski definition) is 2. The maximum absolute atomic E-state index is 12.3. The van der Waals surface area contributed by atoms with Crippen LogP contribution in [0.15, 0.2) is 11.6 Å². The Balaban J connectivity index is 1.64. The zero-order chi connectivity index (χ0) is 13.9. The van der Waals surface area contributed by atoms with Crippen molar-refractivity contribution in [2.45, 2.75) is 64.4 Å². The third kappa shape index (κ3) is 1.70. The van der Waals surface area contributed by atoms with Crippen molar-refractivity contribution < 1.29 is 9.90 Å². The minimum absolute atomic E-state index is 0.000685. The molecule has 1 N–H and O–H groups in total. The maximum Gasteiger partial charge on any atom is 0.139 e. The van der Waals surface area contributed by atoms with Crippen LogP contribution in [0.2, 0.25) is 0 Å². The lowest BCUT2D eigenvalue weighted by Gasteiger charge is -2.51. The van der Waals surface area contributed by atoms with Gasteiger partial charge < -0.3 is 5.11 Å². The average Bonchev–Trinajstić information content (AvgIpc) is 2.74. The van der Waals surface area contributed by atoms with E-state index < -0.39 is 0 Å². The average molecular weight is 274 g/mol. The first-order chi connectivity index (χ1) is 9.59. The molecule has 0 saturated heterocycles. The van der Waals surface area contributed by atoms with Crippen LogP contribution >= 0.6 is 0 Å². The van der Waals surface area contributed by atoms with Gasteiger partial charge in [-0.1, -0.05) is 18.6 Å². The number of fused-ring (bicyclic) bond motifs is 5. The van der Waals surface area contributed by atoms with Crippen molar-refractivity contribution in [3.8, 4) is 0 Å². The van der Waals surface area contributed by atoms with Crippen LogP contribution < -0.4 is 0 Å². The van der Waals surface area contributed by atoms with E-state index in [-0.39, 0.29) is 11.5 Å². The topological polar surface area (TPSA) is 37.3 Å². The zero-order valence-electron chi connectivity index (χ0n) is 12.5. The molecule has 4 aliphatic rings. The minimum atomic E-state index is -0.101. The summed E-state index contributed by atoms with van der Waals surface area (Å²) in [6.45, 7) is 2.24. The number of allylic oxidation sites excluding steroid dienone is 1. The molecule has 0 heterocycles. The number of carbonyl (C=O) groups is 1. The Morgan fingerprint density at radius 1 is 1.20 bits per heavy atom. The first-order valence-electron chi connectivity index (χ1n) is 8.50. The van der Waals surface area contributed by atoms with Gasteiger partial charge in [-0.15, -0.1) is 0 Å². The van der Waals surface area contributed by atoms with E-state index >= 15 is 0 Å². The Bertz CT molecular complexity index is 466. The van der Waals surface area contributed by atoms with E-state index in [9.17, 15) is 9.90 Å². The van der Waals surface area contributed by atoms with Gasteiger partial charge >= 0.3 is 0 Å². The van der Waals surface area contributed by atoms with Crippen LogP contribution in [0.4, 0.5) is 0 Å². The number of aliphatic hydroxyl groups excluding tert-OH is 1. The summed E-state index contributed by atoms with van der Waals surface area (Å²) in [5.74, 6) is 3.43. The second-order valence-electron chi connectivity index (χ2n) is 7.91. The molecule has 2 heteroatoms. The first-order valence-corrected chi connectivity index (χ1v) is 8.50. The molecular weight excluding hydrogens is 248 g/mol. The standard InChI is InChI=1S/C18H26O2/c1-18-9-8-14-13-5-3-12(19)10-11(13)2-4-15(14)16(18)6-7-17(18)20/h2,12-16,19H,3-10H2,1H3/t12-,13?,14?,15?,16?,18-/m0/s1. The lowest BCUT2D eigenvalue weighted by Crippen LogP contribution is -2.46. The molecule has 0 aliphatic heterocycles. The van der Waals surface area contributed by atoms with Gasteiger partial charge in [-0.05, 0) is 68.6 Å². The highest BCUT2D eigenvalue weighted by atomic mass is 16.3. The largest absolute Gasteiger partial charge is 0.393 e. The van der Waals surface area contributed by atoms with E-state index in [0.717, 1.165) is 56.3 Å². The fourth-order valence-corrected chi connectivity index (χ4v) is 6.02. The lowest BCUT2D eigenvalue weighted by molar-refractivity contribution is -0.130. The highest BCUT2D eigenvalue weighted by Crippen LogP contribution is 2.60. The van der Waals surface area contributed by atoms with E-state index in [1.807, 2.05) is 0 Å². The van der Waals surface area contributed by atoms with E-state index in [1.165, 1.54) is 18.4 Å². The smallest absolute Gasteiger partial charge is 0.139 e. The Morgan fingerprint density at radius 3 is 2.90 bits per heavy atom. The van der Waals surface area contributed by atoms with Crippen LogP contribution in [0.25, 0.3) is 0 Å². The molecule has 3 saturated carbocycles. The highest BCUT2D eigenvalue weighted by Gasteiger charge is 2.55. The summed E-state index contributed by atoms with van der Waals surface area (Å²) in [5.41, 5.74) is 1.54. The predicted molar refractivity (Wildman–Crippen MR) is 78.1 cm³/mol. The Kier molecular flexibility index (Phi) is 2.89. The number of rotatable bonds is 0. The van der Waals surface area contributed by atoms with Crippen LogP contribution in [-0.2, 0) is 4.79 Å². The van der Waals surface area contributed by atoms with Crippen molar-refractivity contribution in [3.63, 3.8) is 0 Å². The van der Waals surface area contributed by atoms with Crippen LogP contribution in [0, 0.1) is 29.1 Å². The zero-order valence-corrected chi connectivity index (χ0v) is 12.5. The number of aliphatic hydroxyl groups is 1. The van der Waals surface area contributed by atoms with E-state index in [1.54, 1.807) is 0 Å². The van der Waals surface area contributed by atoms with Gasteiger partial charge in [0.25, 0.3) is 0 Å². The highest BCUT2D eigenvalue weighted by molar-refractivity contribution is 5.87. The van der Waals surface area contributed by atoms with Crippen molar-refractivity contribution in [2.75, 3.05) is 0 Å². The van der Waals surface area contributed by atoms with Crippen LogP contribution in [0.3, 0.4) is 0 Å². The monoisotopic (exact) mass is 274 g/mol. The molecule has 4 rings (SSSR count). The van der Waals surface area contributed by atoms with Crippen molar-refractivity contribution in [1.82, 2.24) is 0 Å². The summed E-state index contributed by atoms with van der Waals surface area (Å²) >= 11 is 0. The van der Waals surface area contributed by atoms with Crippen molar-refractivity contribution >= 4 is 5.78 Å². The second kappa shape index (κ2) is 4.43. The third-order valence-electron chi connectivity index (χ3n) is 7.13. The molecule has 0 aromatic heterocycles. The molecule has 0 aromatic rings. The number of hydrogen-bond donors (Lipinski definition) is 1. The minimum Gasteiger partial charge on any atom is -0.393 e. The van der Waals surface area contributed by atoms with E-state index in [2.05, 4.69) is 13.0 Å². The molecule has 0 amide bonds. The molecule has 2 nitrogen and oxygen atoms in total. The van der Waals surface area contributed by atoms with Gasteiger partial charge in [0, 0.05) is 11.8 Å². The van der Waals surface area contributed by atoms with Gasteiger partial charge in [-0.3, -0.25) is 4.79 Å². The van der Waals surface area contributed by atoms with Crippen molar-refractivity contribution in [1.29, 1.82) is 0 Å². The summed E-state index contributed by atoms with van der Waals surface area (Å²) in [7, 11) is 0. The summed E-state index contributed by atoms with van der Waals surface area (Å²) in [6, 6.07) is 0. The predicted octanol–water partition coefficient (Wildman–Crippen LogP) is 3.49. The summed E-state index contributed by atoms with van der Waals surface area (Å²) in [6.07, 6.45) is 10.9. The summed E-state index contributed by atoms with van der Waals surface area (Å²) < 4.78 is 0. The Labute approximate surface area is 121 Å². The molecule has 110 valence electrons. The molecule has 0 spiro atoms. The summed E-state index contributed by atoms with van der Waals surface area (Å²) in [4.78, 5) is 12.3. The number of Topliss-reactive ketones (excluding diaryl/α,β-unsaturated/α-hetero) is 1. The summed E-state index contributed by atoms with van der Waals surface area (Å²) in [5, 5.41) is 9.88. The van der Waals surface area contributed by atoms with E-state index in [4.69, 9.17) is 0 Å². The third-order valence-corrected chi connectivity index (χ3v) is 7.13. The van der Waals surface area contributed by atoms with Crippen molar-refractivity contribution in [3.05, 3.63) is 11.6 Å². The molecule has 20 heavy (non-hydrogen) atoms. The molecule has 0 radical (unpaired) electrons. The normalized spacial score (nSPS) is 51.0.